The predicted molar refractivity (Wildman–Crippen MR) is 72.9 cm³/mol. The van der Waals surface area contributed by atoms with Gasteiger partial charge in [0.05, 0.1) is 30.3 Å². The van der Waals surface area contributed by atoms with Crippen LogP contribution in [-0.4, -0.2) is 24.9 Å². The molecule has 18 heavy (non-hydrogen) atoms. The minimum absolute atomic E-state index is 0.0300. The van der Waals surface area contributed by atoms with E-state index in [-0.39, 0.29) is 12.0 Å². The number of halogens is 1. The number of nitrogens with two attached hydrogens (primary N) is 1. The molecule has 0 aliphatic carbocycles. The molecule has 5 heteroatoms. The third kappa shape index (κ3) is 2.79. The van der Waals surface area contributed by atoms with Crippen LogP contribution in [0.3, 0.4) is 0 Å². The summed E-state index contributed by atoms with van der Waals surface area (Å²) in [6, 6.07) is 3.29. The molecular weight excluding hydrogens is 298 g/mol. The Hall–Kier alpha value is -0.780. The SMILES string of the molecule is CC1(C)COc2cc(C(N)CO)cc(Br)c2OC1. The molecule has 4 nitrogen and oxygen atoms in total. The van der Waals surface area contributed by atoms with Crippen molar-refractivity contribution in [1.82, 2.24) is 0 Å². The smallest absolute Gasteiger partial charge is 0.175 e. The molecule has 0 saturated heterocycles. The second kappa shape index (κ2) is 5.07. The van der Waals surface area contributed by atoms with Crippen LogP contribution in [0.15, 0.2) is 16.6 Å². The lowest BCUT2D eigenvalue weighted by molar-refractivity contribution is 0.140. The number of hydrogen-bond donors (Lipinski definition) is 2. The van der Waals surface area contributed by atoms with Crippen molar-refractivity contribution in [3.05, 3.63) is 22.2 Å². The molecule has 1 aromatic carbocycles. The third-order valence-corrected chi connectivity index (χ3v) is 3.47. The minimum Gasteiger partial charge on any atom is -0.489 e. The summed E-state index contributed by atoms with van der Waals surface area (Å²) < 4.78 is 12.4. The van der Waals surface area contributed by atoms with Crippen LogP contribution in [0.1, 0.15) is 25.5 Å². The first kappa shape index (κ1) is 13.6. The molecule has 0 amide bonds. The van der Waals surface area contributed by atoms with Crippen molar-refractivity contribution < 1.29 is 14.6 Å². The molecular formula is C13H18BrNO3. The van der Waals surface area contributed by atoms with Crippen LogP contribution < -0.4 is 15.2 Å². The summed E-state index contributed by atoms with van der Waals surface area (Å²) >= 11 is 3.46. The zero-order valence-electron chi connectivity index (χ0n) is 10.6. The second-order valence-corrected chi connectivity index (χ2v) is 6.21. The van der Waals surface area contributed by atoms with Crippen LogP contribution in [-0.2, 0) is 0 Å². The summed E-state index contributed by atoms with van der Waals surface area (Å²) in [6.07, 6.45) is 0. The first-order valence-electron chi connectivity index (χ1n) is 5.88. The number of rotatable bonds is 2. The van der Waals surface area contributed by atoms with Crippen molar-refractivity contribution in [3.8, 4) is 11.5 Å². The Labute approximate surface area is 115 Å². The van der Waals surface area contributed by atoms with Crippen LogP contribution in [0, 0.1) is 5.41 Å². The zero-order chi connectivity index (χ0) is 13.3. The van der Waals surface area contributed by atoms with E-state index >= 15 is 0 Å². The van der Waals surface area contributed by atoms with Crippen molar-refractivity contribution >= 4 is 15.9 Å². The third-order valence-electron chi connectivity index (χ3n) is 2.88. The molecule has 0 aromatic heterocycles. The van der Waals surface area contributed by atoms with Gasteiger partial charge in [-0.3, -0.25) is 0 Å². The minimum atomic E-state index is -0.411. The van der Waals surface area contributed by atoms with E-state index in [1.165, 1.54) is 0 Å². The van der Waals surface area contributed by atoms with Gasteiger partial charge in [-0.1, -0.05) is 13.8 Å². The number of benzene rings is 1. The quantitative estimate of drug-likeness (QED) is 0.878. The lowest BCUT2D eigenvalue weighted by atomic mass is 9.97. The Morgan fingerprint density at radius 2 is 2.06 bits per heavy atom. The van der Waals surface area contributed by atoms with E-state index in [1.807, 2.05) is 12.1 Å². The predicted octanol–water partition coefficient (Wildman–Crippen LogP) is 2.24. The Balaban J connectivity index is 2.37. The van der Waals surface area contributed by atoms with Crippen molar-refractivity contribution in [2.24, 2.45) is 11.1 Å². The standard InChI is InChI=1S/C13H18BrNO3/c1-13(2)6-17-11-4-8(10(15)5-16)3-9(14)12(11)18-7-13/h3-4,10,16H,5-7,15H2,1-2H3. The molecule has 0 spiro atoms. The Kier molecular flexibility index (Phi) is 3.84. The molecule has 1 aliphatic rings. The first-order chi connectivity index (χ1) is 8.43. The summed E-state index contributed by atoms with van der Waals surface area (Å²) in [5, 5.41) is 9.11. The van der Waals surface area contributed by atoms with Crippen LogP contribution in [0.25, 0.3) is 0 Å². The Morgan fingerprint density at radius 1 is 1.39 bits per heavy atom. The molecule has 0 radical (unpaired) electrons. The topological polar surface area (TPSA) is 64.7 Å². The molecule has 1 aromatic rings. The normalized spacial score (nSPS) is 19.2. The number of ether oxygens (including phenoxy) is 2. The van der Waals surface area contributed by atoms with Gasteiger partial charge in [-0.15, -0.1) is 0 Å². The average Bonchev–Trinajstić information content (AvgIpc) is 2.48. The number of fused-ring (bicyclic) bond motifs is 1. The van der Waals surface area contributed by atoms with Crippen LogP contribution in [0.5, 0.6) is 11.5 Å². The fourth-order valence-electron chi connectivity index (χ4n) is 1.74. The molecule has 0 saturated carbocycles. The van der Waals surface area contributed by atoms with E-state index < -0.39 is 6.04 Å². The molecule has 3 N–H and O–H groups in total. The number of aliphatic hydroxyl groups is 1. The summed E-state index contributed by atoms with van der Waals surface area (Å²) in [6.45, 7) is 5.27. The van der Waals surface area contributed by atoms with Crippen LogP contribution in [0.2, 0.25) is 0 Å². The highest BCUT2D eigenvalue weighted by Gasteiger charge is 2.27. The van der Waals surface area contributed by atoms with Crippen molar-refractivity contribution in [3.63, 3.8) is 0 Å². The van der Waals surface area contributed by atoms with Crippen molar-refractivity contribution in [1.29, 1.82) is 0 Å². The lowest BCUT2D eigenvalue weighted by Gasteiger charge is -2.19. The van der Waals surface area contributed by atoms with Gasteiger partial charge >= 0.3 is 0 Å². The van der Waals surface area contributed by atoms with E-state index in [1.54, 1.807) is 0 Å². The van der Waals surface area contributed by atoms with Crippen molar-refractivity contribution in [2.75, 3.05) is 19.8 Å². The maximum Gasteiger partial charge on any atom is 0.175 e. The van der Waals surface area contributed by atoms with Gasteiger partial charge in [0.25, 0.3) is 0 Å². The maximum atomic E-state index is 9.11. The van der Waals surface area contributed by atoms with Gasteiger partial charge < -0.3 is 20.3 Å². The van der Waals surface area contributed by atoms with Gasteiger partial charge in [0.1, 0.15) is 0 Å². The van der Waals surface area contributed by atoms with Gasteiger partial charge in [0.15, 0.2) is 11.5 Å². The molecule has 1 atom stereocenters. The molecule has 0 bridgehead atoms. The monoisotopic (exact) mass is 315 g/mol. The summed E-state index contributed by atoms with van der Waals surface area (Å²) in [5.74, 6) is 1.38. The van der Waals surface area contributed by atoms with E-state index in [9.17, 15) is 0 Å². The van der Waals surface area contributed by atoms with Crippen LogP contribution >= 0.6 is 15.9 Å². The molecule has 1 aliphatic heterocycles. The molecule has 0 fully saturated rings. The van der Waals surface area contributed by atoms with E-state index in [0.717, 1.165) is 10.0 Å². The van der Waals surface area contributed by atoms with Gasteiger partial charge in [0, 0.05) is 5.41 Å². The zero-order valence-corrected chi connectivity index (χ0v) is 12.2. The Morgan fingerprint density at radius 3 is 2.72 bits per heavy atom. The van der Waals surface area contributed by atoms with Gasteiger partial charge in [-0.2, -0.15) is 0 Å². The highest BCUT2D eigenvalue weighted by atomic mass is 79.9. The molecule has 1 unspecified atom stereocenters. The fourth-order valence-corrected chi connectivity index (χ4v) is 2.31. The summed E-state index contributed by atoms with van der Waals surface area (Å²) in [5.41, 5.74) is 6.62. The largest absolute Gasteiger partial charge is 0.489 e. The average molecular weight is 316 g/mol. The molecule has 2 rings (SSSR count). The summed E-state index contributed by atoms with van der Waals surface area (Å²) in [7, 11) is 0. The number of hydrogen-bond acceptors (Lipinski definition) is 4. The Bertz CT molecular complexity index is 448. The fraction of sp³-hybridized carbons (Fsp3) is 0.538. The summed E-state index contributed by atoms with van der Waals surface area (Å²) in [4.78, 5) is 0. The molecule has 1 heterocycles. The van der Waals surface area contributed by atoms with Crippen LogP contribution in [0.4, 0.5) is 0 Å². The molecule has 100 valence electrons. The van der Waals surface area contributed by atoms with Gasteiger partial charge in [0.2, 0.25) is 0 Å². The lowest BCUT2D eigenvalue weighted by Crippen LogP contribution is -2.26. The maximum absolute atomic E-state index is 9.11. The number of aliphatic hydroxyl groups excluding tert-OH is 1. The van der Waals surface area contributed by atoms with Gasteiger partial charge in [-0.05, 0) is 33.6 Å². The van der Waals surface area contributed by atoms with Crippen molar-refractivity contribution in [2.45, 2.75) is 19.9 Å². The van der Waals surface area contributed by atoms with Gasteiger partial charge in [-0.25, -0.2) is 0 Å². The first-order valence-corrected chi connectivity index (χ1v) is 6.68. The van der Waals surface area contributed by atoms with E-state index in [2.05, 4.69) is 29.8 Å². The second-order valence-electron chi connectivity index (χ2n) is 5.36. The highest BCUT2D eigenvalue weighted by molar-refractivity contribution is 9.10. The van der Waals surface area contributed by atoms with E-state index in [4.69, 9.17) is 20.3 Å². The van der Waals surface area contributed by atoms with E-state index in [0.29, 0.717) is 24.7 Å². The highest BCUT2D eigenvalue weighted by Crippen LogP contribution is 2.41.